The fourth-order valence-electron chi connectivity index (χ4n) is 2.22. The number of hydrogen-bond acceptors (Lipinski definition) is 2. The molecule has 0 aromatic carbocycles. The minimum Gasteiger partial charge on any atom is -0.373 e. The zero-order chi connectivity index (χ0) is 10.6. The van der Waals surface area contributed by atoms with E-state index in [4.69, 9.17) is 10.1 Å². The van der Waals surface area contributed by atoms with Gasteiger partial charge in [-0.05, 0) is 18.8 Å². The second kappa shape index (κ2) is 5.35. The van der Waals surface area contributed by atoms with Crippen LogP contribution >= 0.6 is 0 Å². The molecule has 1 aliphatic carbocycles. The Morgan fingerprint density at radius 1 is 1.29 bits per heavy atom. The lowest BCUT2D eigenvalue weighted by Gasteiger charge is -2.31. The van der Waals surface area contributed by atoms with E-state index in [9.17, 15) is 0 Å². The van der Waals surface area contributed by atoms with Gasteiger partial charge >= 0.3 is 0 Å². The Hall–Kier alpha value is -0.570. The molecule has 0 saturated heterocycles. The highest BCUT2D eigenvalue weighted by Crippen LogP contribution is 2.28. The third-order valence-electron chi connectivity index (χ3n) is 3.08. The molecular weight excluding hydrogens is 176 g/mol. The maximum absolute atomic E-state index is 7.94. The van der Waals surface area contributed by atoms with Crippen LogP contribution in [0.5, 0.6) is 0 Å². The SMILES string of the molecule is COC(C(=N)N(C)C)C1CCCCC1. The molecule has 0 aromatic heterocycles. The first-order valence-corrected chi connectivity index (χ1v) is 5.45. The molecule has 1 atom stereocenters. The normalized spacial score (nSPS) is 20.5. The van der Waals surface area contributed by atoms with Gasteiger partial charge in [-0.2, -0.15) is 0 Å². The van der Waals surface area contributed by atoms with Crippen LogP contribution in [-0.4, -0.2) is 38.0 Å². The van der Waals surface area contributed by atoms with Crippen molar-refractivity contribution in [3.05, 3.63) is 0 Å². The van der Waals surface area contributed by atoms with Crippen LogP contribution in [0.4, 0.5) is 0 Å². The fourth-order valence-corrected chi connectivity index (χ4v) is 2.22. The van der Waals surface area contributed by atoms with Crippen molar-refractivity contribution in [3.8, 4) is 0 Å². The van der Waals surface area contributed by atoms with E-state index in [2.05, 4.69) is 0 Å². The van der Waals surface area contributed by atoms with Crippen molar-refractivity contribution in [2.24, 2.45) is 5.92 Å². The number of amidine groups is 1. The van der Waals surface area contributed by atoms with E-state index in [1.807, 2.05) is 19.0 Å². The molecule has 14 heavy (non-hydrogen) atoms. The van der Waals surface area contributed by atoms with Gasteiger partial charge in [-0.1, -0.05) is 19.3 Å². The van der Waals surface area contributed by atoms with Crippen molar-refractivity contribution in [1.82, 2.24) is 4.90 Å². The second-order valence-corrected chi connectivity index (χ2v) is 4.33. The summed E-state index contributed by atoms with van der Waals surface area (Å²) >= 11 is 0. The molecule has 3 nitrogen and oxygen atoms in total. The molecule has 0 bridgehead atoms. The van der Waals surface area contributed by atoms with Crippen LogP contribution in [-0.2, 0) is 4.74 Å². The molecular formula is C11H22N2O. The van der Waals surface area contributed by atoms with Gasteiger partial charge in [0.05, 0.1) is 0 Å². The summed E-state index contributed by atoms with van der Waals surface area (Å²) < 4.78 is 5.45. The second-order valence-electron chi connectivity index (χ2n) is 4.33. The standard InChI is InChI=1S/C11H22N2O/c1-13(2)11(12)10(14-3)9-7-5-4-6-8-9/h9-10,12H,4-8H2,1-3H3. The van der Waals surface area contributed by atoms with E-state index in [1.54, 1.807) is 7.11 Å². The minimum absolute atomic E-state index is 0.00491. The molecule has 0 amide bonds. The van der Waals surface area contributed by atoms with Crippen molar-refractivity contribution in [1.29, 1.82) is 5.41 Å². The van der Waals surface area contributed by atoms with Crippen LogP contribution in [0.15, 0.2) is 0 Å². The summed E-state index contributed by atoms with van der Waals surface area (Å²) in [6, 6.07) is 0. The number of methoxy groups -OCH3 is 1. The third kappa shape index (κ3) is 2.71. The molecule has 1 saturated carbocycles. The zero-order valence-corrected chi connectivity index (χ0v) is 9.55. The number of rotatable bonds is 3. The third-order valence-corrected chi connectivity index (χ3v) is 3.08. The first kappa shape index (κ1) is 11.5. The summed E-state index contributed by atoms with van der Waals surface area (Å²) in [4.78, 5) is 1.85. The van der Waals surface area contributed by atoms with Crippen LogP contribution < -0.4 is 0 Å². The highest BCUT2D eigenvalue weighted by Gasteiger charge is 2.27. The average Bonchev–Trinajstić information content (AvgIpc) is 2.20. The minimum atomic E-state index is 0.00491. The van der Waals surface area contributed by atoms with Gasteiger partial charge in [-0.3, -0.25) is 5.41 Å². The van der Waals surface area contributed by atoms with Gasteiger partial charge in [0.2, 0.25) is 0 Å². The highest BCUT2D eigenvalue weighted by atomic mass is 16.5. The summed E-state index contributed by atoms with van der Waals surface area (Å²) in [5.74, 6) is 1.17. The van der Waals surface area contributed by atoms with Gasteiger partial charge in [0.25, 0.3) is 0 Å². The predicted molar refractivity (Wildman–Crippen MR) is 58.8 cm³/mol. The largest absolute Gasteiger partial charge is 0.373 e. The molecule has 0 heterocycles. The van der Waals surface area contributed by atoms with Crippen molar-refractivity contribution >= 4 is 5.84 Å². The van der Waals surface area contributed by atoms with Gasteiger partial charge in [0, 0.05) is 21.2 Å². The topological polar surface area (TPSA) is 36.3 Å². The molecule has 0 aromatic rings. The van der Waals surface area contributed by atoms with Gasteiger partial charge in [0.15, 0.2) is 0 Å². The highest BCUT2D eigenvalue weighted by molar-refractivity contribution is 5.83. The average molecular weight is 198 g/mol. The molecule has 3 heteroatoms. The quantitative estimate of drug-likeness (QED) is 0.557. The molecule has 1 fully saturated rings. The molecule has 1 aliphatic rings. The number of nitrogens with one attached hydrogen (secondary N) is 1. The zero-order valence-electron chi connectivity index (χ0n) is 9.55. The Balaban J connectivity index is 2.55. The molecule has 0 radical (unpaired) electrons. The predicted octanol–water partition coefficient (Wildman–Crippen LogP) is 2.12. The number of hydrogen-bond donors (Lipinski definition) is 1. The van der Waals surface area contributed by atoms with E-state index >= 15 is 0 Å². The lowest BCUT2D eigenvalue weighted by Crippen LogP contribution is -2.40. The van der Waals surface area contributed by atoms with Gasteiger partial charge in [-0.25, -0.2) is 0 Å². The molecule has 0 spiro atoms. The van der Waals surface area contributed by atoms with Crippen molar-refractivity contribution in [3.63, 3.8) is 0 Å². The first-order valence-electron chi connectivity index (χ1n) is 5.45. The maximum atomic E-state index is 7.94. The van der Waals surface area contributed by atoms with Crippen LogP contribution in [0.2, 0.25) is 0 Å². The lowest BCUT2D eigenvalue weighted by molar-refractivity contribution is 0.0780. The molecule has 82 valence electrons. The van der Waals surface area contributed by atoms with Crippen LogP contribution in [0, 0.1) is 11.3 Å². The van der Waals surface area contributed by atoms with Crippen molar-refractivity contribution in [2.75, 3.05) is 21.2 Å². The van der Waals surface area contributed by atoms with E-state index in [0.29, 0.717) is 11.8 Å². The summed E-state index contributed by atoms with van der Waals surface area (Å²) in [5.41, 5.74) is 0. The fraction of sp³-hybridized carbons (Fsp3) is 0.909. The number of likely N-dealkylation sites (N-methyl/N-ethyl adjacent to an activating group) is 1. The smallest absolute Gasteiger partial charge is 0.125 e. The van der Waals surface area contributed by atoms with Gasteiger partial charge < -0.3 is 9.64 Å². The summed E-state index contributed by atoms with van der Waals surface area (Å²) in [5, 5.41) is 7.94. The van der Waals surface area contributed by atoms with Gasteiger partial charge in [-0.15, -0.1) is 0 Å². The number of ether oxygens (including phenoxy) is 1. The summed E-state index contributed by atoms with van der Waals surface area (Å²) in [6.07, 6.45) is 6.38. The van der Waals surface area contributed by atoms with E-state index < -0.39 is 0 Å². The van der Waals surface area contributed by atoms with E-state index in [1.165, 1.54) is 32.1 Å². The van der Waals surface area contributed by atoms with Crippen LogP contribution in [0.3, 0.4) is 0 Å². The first-order chi connectivity index (χ1) is 6.66. The Morgan fingerprint density at radius 3 is 2.29 bits per heavy atom. The Labute approximate surface area is 86.9 Å². The van der Waals surface area contributed by atoms with Crippen molar-refractivity contribution < 1.29 is 4.74 Å². The van der Waals surface area contributed by atoms with Gasteiger partial charge in [0.1, 0.15) is 11.9 Å². The maximum Gasteiger partial charge on any atom is 0.125 e. The summed E-state index contributed by atoms with van der Waals surface area (Å²) in [6.45, 7) is 0. The molecule has 1 unspecified atom stereocenters. The summed E-state index contributed by atoms with van der Waals surface area (Å²) in [7, 11) is 5.55. The molecule has 0 aliphatic heterocycles. The van der Waals surface area contributed by atoms with E-state index in [0.717, 1.165) is 0 Å². The Bertz CT molecular complexity index is 186. The van der Waals surface area contributed by atoms with Crippen LogP contribution in [0.1, 0.15) is 32.1 Å². The number of nitrogens with zero attached hydrogens (tertiary/aromatic N) is 1. The Kier molecular flexibility index (Phi) is 4.39. The molecule has 1 rings (SSSR count). The lowest BCUT2D eigenvalue weighted by atomic mass is 9.84. The van der Waals surface area contributed by atoms with Crippen LogP contribution in [0.25, 0.3) is 0 Å². The monoisotopic (exact) mass is 198 g/mol. The Morgan fingerprint density at radius 2 is 1.86 bits per heavy atom. The van der Waals surface area contributed by atoms with E-state index in [-0.39, 0.29) is 6.10 Å². The van der Waals surface area contributed by atoms with Crippen molar-refractivity contribution in [2.45, 2.75) is 38.2 Å². The molecule has 1 N–H and O–H groups in total.